The zero-order valence-electron chi connectivity index (χ0n) is 17.2. The first-order chi connectivity index (χ1) is 14.0. The summed E-state index contributed by atoms with van der Waals surface area (Å²) in [5.74, 6) is -0.388. The molecule has 0 unspecified atom stereocenters. The van der Waals surface area contributed by atoms with Crippen LogP contribution in [-0.2, 0) is 59.9 Å². The van der Waals surface area contributed by atoms with Crippen LogP contribution >= 0.6 is 0 Å². The van der Waals surface area contributed by atoms with Crippen molar-refractivity contribution in [1.29, 1.82) is 0 Å². The second kappa shape index (κ2) is 9.40. The number of ether oxygens (including phenoxy) is 1. The Bertz CT molecular complexity index is 1050. The fourth-order valence-electron chi connectivity index (χ4n) is 4.06. The number of ketones is 1. The number of hydrogen-bond acceptors (Lipinski definition) is 4. The van der Waals surface area contributed by atoms with Crippen molar-refractivity contribution in [3.05, 3.63) is 51.8 Å². The molecule has 0 bridgehead atoms. The molecule has 2 aliphatic rings. The summed E-state index contributed by atoms with van der Waals surface area (Å²) in [4.78, 5) is 40.4. The van der Waals surface area contributed by atoms with Crippen molar-refractivity contribution >= 4 is 35.0 Å². The molecule has 0 spiro atoms. The molecule has 1 radical (unpaired) electrons. The van der Waals surface area contributed by atoms with E-state index in [0.29, 0.717) is 30.6 Å². The molecule has 2 aromatic rings. The first kappa shape index (κ1) is 22.6. The summed E-state index contributed by atoms with van der Waals surface area (Å²) in [5, 5.41) is 2.86. The van der Waals surface area contributed by atoms with E-state index in [0.717, 1.165) is 46.6 Å². The fraction of sp³-hybridized carbons (Fsp3) is 0.348. The van der Waals surface area contributed by atoms with Crippen LogP contribution in [-0.4, -0.2) is 29.3 Å². The van der Waals surface area contributed by atoms with Gasteiger partial charge in [-0.15, -0.1) is 0 Å². The van der Waals surface area contributed by atoms with Gasteiger partial charge < -0.3 is 15.0 Å². The standard InChI is InChI=1S/C23H23N2O4.Y/c1-3-29-21(27)10-8-14-19(24-18-5-4-6-20(26)22(14)18)12-16-15-11-13(2)7-9-17(15)25-23(16)28;/h9,11-12,24H,3-6,8,10H2,1-2H3,(H,25,28);/q-1;/b16-12-;. The molecule has 0 saturated carbocycles. The first-order valence-electron chi connectivity index (χ1n) is 9.96. The van der Waals surface area contributed by atoms with Gasteiger partial charge >= 0.3 is 5.97 Å². The first-order valence-corrected chi connectivity index (χ1v) is 9.96. The van der Waals surface area contributed by atoms with Gasteiger partial charge in [-0.25, -0.2) is 0 Å². The second-order valence-corrected chi connectivity index (χ2v) is 7.41. The predicted octanol–water partition coefficient (Wildman–Crippen LogP) is 3.63. The van der Waals surface area contributed by atoms with Crippen molar-refractivity contribution in [2.75, 3.05) is 11.9 Å². The Kier molecular flexibility index (Phi) is 7.09. The topological polar surface area (TPSA) is 88.3 Å². The Morgan fingerprint density at radius 3 is 2.87 bits per heavy atom. The molecule has 7 heteroatoms. The van der Waals surface area contributed by atoms with Crippen LogP contribution in [0.5, 0.6) is 0 Å². The number of Topliss-reactive ketones (excluding diaryl/α,β-unsaturated/α-hetero) is 1. The van der Waals surface area contributed by atoms with Gasteiger partial charge in [0.1, 0.15) is 0 Å². The minimum absolute atomic E-state index is 0. The summed E-state index contributed by atoms with van der Waals surface area (Å²) >= 11 is 0. The van der Waals surface area contributed by atoms with Crippen LogP contribution in [0.4, 0.5) is 5.69 Å². The second-order valence-electron chi connectivity index (χ2n) is 7.41. The maximum absolute atomic E-state index is 12.6. The number of rotatable bonds is 5. The van der Waals surface area contributed by atoms with Crippen LogP contribution in [0, 0.1) is 13.0 Å². The van der Waals surface area contributed by atoms with Gasteiger partial charge in [-0.05, 0) is 37.8 Å². The van der Waals surface area contributed by atoms with Gasteiger partial charge in [-0.1, -0.05) is 18.2 Å². The van der Waals surface area contributed by atoms with E-state index in [1.165, 1.54) is 0 Å². The number of hydrogen-bond donors (Lipinski definition) is 2. The molecule has 1 aromatic heterocycles. The number of esters is 1. The number of fused-ring (bicyclic) bond motifs is 2. The summed E-state index contributed by atoms with van der Waals surface area (Å²) in [6.07, 6.45) is 4.48. The van der Waals surface area contributed by atoms with Gasteiger partial charge in [0.05, 0.1) is 6.61 Å². The van der Waals surface area contributed by atoms with Crippen molar-refractivity contribution in [3.63, 3.8) is 0 Å². The van der Waals surface area contributed by atoms with Gasteiger partial charge in [-0.2, -0.15) is 23.8 Å². The van der Waals surface area contributed by atoms with Crippen molar-refractivity contribution < 1.29 is 51.8 Å². The van der Waals surface area contributed by atoms with Gasteiger partial charge in [0.2, 0.25) is 5.91 Å². The third-order valence-electron chi connectivity index (χ3n) is 5.37. The maximum atomic E-state index is 12.6. The normalized spacial score (nSPS) is 16.0. The summed E-state index contributed by atoms with van der Waals surface area (Å²) in [6.45, 7) is 4.02. The molecule has 2 N–H and O–H groups in total. The van der Waals surface area contributed by atoms with E-state index in [-0.39, 0.29) is 56.8 Å². The quantitative estimate of drug-likeness (QED) is 0.389. The zero-order chi connectivity index (χ0) is 20.5. The Morgan fingerprint density at radius 2 is 2.10 bits per heavy atom. The van der Waals surface area contributed by atoms with Gasteiger partial charge in [0.25, 0.3) is 0 Å². The molecule has 1 amide bonds. The molecule has 30 heavy (non-hydrogen) atoms. The van der Waals surface area contributed by atoms with E-state index in [9.17, 15) is 14.4 Å². The van der Waals surface area contributed by atoms with Crippen LogP contribution in [0.25, 0.3) is 11.6 Å². The molecule has 1 aliphatic heterocycles. The average molecular weight is 480 g/mol. The van der Waals surface area contributed by atoms with Crippen molar-refractivity contribution in [1.82, 2.24) is 4.98 Å². The van der Waals surface area contributed by atoms with E-state index in [4.69, 9.17) is 4.74 Å². The minimum Gasteiger partial charge on any atom is -0.466 e. The minimum atomic E-state index is -0.292. The molecule has 0 fully saturated rings. The van der Waals surface area contributed by atoms with Crippen LogP contribution in [0.2, 0.25) is 0 Å². The Hall–Kier alpha value is -2.05. The molecule has 1 aromatic carbocycles. The molecule has 0 saturated heterocycles. The third-order valence-corrected chi connectivity index (χ3v) is 5.37. The number of aromatic nitrogens is 1. The van der Waals surface area contributed by atoms with Crippen molar-refractivity contribution in [2.45, 2.75) is 46.0 Å². The molecule has 6 nitrogen and oxygen atoms in total. The van der Waals surface area contributed by atoms with Gasteiger partial charge in [0.15, 0.2) is 5.78 Å². The number of nitrogens with one attached hydrogen (secondary N) is 2. The monoisotopic (exact) mass is 480 g/mol. The summed E-state index contributed by atoms with van der Waals surface area (Å²) in [6, 6.07) is 6.79. The van der Waals surface area contributed by atoms with Crippen LogP contribution in [0.15, 0.2) is 12.1 Å². The van der Waals surface area contributed by atoms with E-state index in [1.807, 2.05) is 13.0 Å². The van der Waals surface area contributed by atoms with Crippen LogP contribution < -0.4 is 5.32 Å². The number of aromatic amines is 1. The third kappa shape index (κ3) is 4.35. The molecule has 2 heterocycles. The number of carbonyl (C=O) groups excluding carboxylic acids is 3. The van der Waals surface area contributed by atoms with E-state index in [2.05, 4.69) is 16.4 Å². The fourth-order valence-corrected chi connectivity index (χ4v) is 4.06. The predicted molar refractivity (Wildman–Crippen MR) is 110 cm³/mol. The van der Waals surface area contributed by atoms with E-state index < -0.39 is 0 Å². The Morgan fingerprint density at radius 1 is 1.30 bits per heavy atom. The Labute approximate surface area is 200 Å². The zero-order valence-corrected chi connectivity index (χ0v) is 20.0. The summed E-state index contributed by atoms with van der Waals surface area (Å²) < 4.78 is 5.04. The maximum Gasteiger partial charge on any atom is 0.306 e. The van der Waals surface area contributed by atoms with Crippen LogP contribution in [0.1, 0.15) is 64.6 Å². The van der Waals surface area contributed by atoms with Crippen molar-refractivity contribution in [2.24, 2.45) is 0 Å². The molecule has 4 rings (SSSR count). The van der Waals surface area contributed by atoms with Gasteiger partial charge in [-0.3, -0.25) is 14.4 Å². The number of benzene rings is 1. The number of aryl methyl sites for hydroxylation is 2. The molecular weight excluding hydrogens is 457 g/mol. The number of amides is 1. The number of anilines is 1. The molecule has 1 aliphatic carbocycles. The Balaban J connectivity index is 0.00000256. The smallest absolute Gasteiger partial charge is 0.306 e. The van der Waals surface area contributed by atoms with Crippen molar-refractivity contribution in [3.8, 4) is 0 Å². The molecule has 153 valence electrons. The largest absolute Gasteiger partial charge is 0.466 e. The average Bonchev–Trinajstić information content (AvgIpc) is 3.19. The summed E-state index contributed by atoms with van der Waals surface area (Å²) in [7, 11) is 0. The number of H-pyrrole nitrogens is 1. The molecule has 0 atom stereocenters. The number of carbonyl (C=O) groups is 3. The SMILES string of the molecule is CCOC(=O)CCc1c(/C=C2\C(=O)Nc3c[c-]c(C)cc32)[nH]c2c1C(=O)CCC2.[Y]. The van der Waals surface area contributed by atoms with Gasteiger partial charge in [0, 0.05) is 68.1 Å². The summed E-state index contributed by atoms with van der Waals surface area (Å²) in [5.41, 5.74) is 6.12. The molecular formula is C23H23N2O4Y-. The van der Waals surface area contributed by atoms with E-state index in [1.54, 1.807) is 19.1 Å². The van der Waals surface area contributed by atoms with Crippen LogP contribution in [0.3, 0.4) is 0 Å². The van der Waals surface area contributed by atoms with E-state index >= 15 is 0 Å².